The number of pyridine rings is 1. The number of hydrogen-bond donors (Lipinski definition) is 0. The highest BCUT2D eigenvalue weighted by Gasteiger charge is 2.40. The van der Waals surface area contributed by atoms with Crippen molar-refractivity contribution in [2.75, 3.05) is 0 Å². The minimum Gasteiger partial charge on any atom is -0.307 e. The van der Waals surface area contributed by atoms with Gasteiger partial charge in [-0.25, -0.2) is 4.98 Å². The molecule has 0 fully saturated rings. The molecule has 0 aliphatic heterocycles. The molecule has 0 unspecified atom stereocenters. The summed E-state index contributed by atoms with van der Waals surface area (Å²) in [5.41, 5.74) is -2.03. The first-order valence-corrected chi connectivity index (χ1v) is 22.4. The molecule has 3 aromatic heterocycles. The van der Waals surface area contributed by atoms with Crippen molar-refractivity contribution in [3.05, 3.63) is 210 Å². The molecule has 3 heterocycles. The number of halogens is 12. The second-order valence-corrected chi connectivity index (χ2v) is 17.5. The maximum absolute atomic E-state index is 14.6. The highest BCUT2D eigenvalue weighted by atomic mass is 19.4. The van der Waals surface area contributed by atoms with Gasteiger partial charge in [0, 0.05) is 32.7 Å². The van der Waals surface area contributed by atoms with Crippen molar-refractivity contribution in [3.8, 4) is 62.2 Å². The van der Waals surface area contributed by atoms with Gasteiger partial charge in [0.05, 0.1) is 78.7 Å². The van der Waals surface area contributed by atoms with Crippen molar-refractivity contribution in [2.45, 2.75) is 24.7 Å². The molecule has 11 aromatic rings. The van der Waals surface area contributed by atoms with E-state index >= 15 is 0 Å². The molecular weight excluding hydrogens is 981 g/mol. The third-order valence-corrected chi connectivity index (χ3v) is 13.1. The quantitative estimate of drug-likeness (QED) is 0.156. The molecule has 11 rings (SSSR count). The molecule has 4 nitrogen and oxygen atoms in total. The zero-order valence-corrected chi connectivity index (χ0v) is 37.6. The van der Waals surface area contributed by atoms with Crippen LogP contribution in [0.25, 0.3) is 99.8 Å². The zero-order valence-electron chi connectivity index (χ0n) is 37.6. The van der Waals surface area contributed by atoms with Crippen molar-refractivity contribution in [1.82, 2.24) is 14.1 Å². The lowest BCUT2D eigenvalue weighted by atomic mass is 9.95. The summed E-state index contributed by atoms with van der Waals surface area (Å²) in [6.45, 7) is 0. The van der Waals surface area contributed by atoms with Crippen molar-refractivity contribution in [2.24, 2.45) is 0 Å². The van der Waals surface area contributed by atoms with Crippen LogP contribution in [0.3, 0.4) is 0 Å². The van der Waals surface area contributed by atoms with Gasteiger partial charge < -0.3 is 9.13 Å². The molecule has 0 amide bonds. The normalized spacial score (nSPS) is 12.6. The molecule has 0 aliphatic carbocycles. The molecule has 74 heavy (non-hydrogen) atoms. The predicted octanol–water partition coefficient (Wildman–Crippen LogP) is 17.9. The van der Waals surface area contributed by atoms with Crippen molar-refractivity contribution >= 4 is 43.6 Å². The lowest BCUT2D eigenvalue weighted by molar-refractivity contribution is -0.144. The number of aromatic nitrogens is 3. The number of alkyl halides is 12. The van der Waals surface area contributed by atoms with Crippen LogP contribution in [0.2, 0.25) is 0 Å². The Balaban J connectivity index is 1.20. The van der Waals surface area contributed by atoms with Gasteiger partial charge in [0.15, 0.2) is 0 Å². The fourth-order valence-electron chi connectivity index (χ4n) is 9.81. The van der Waals surface area contributed by atoms with Gasteiger partial charge in [-0.1, -0.05) is 97.1 Å². The Bertz CT molecular complexity index is 4100. The minimum absolute atomic E-state index is 0.0240. The molecule has 16 heteroatoms. The van der Waals surface area contributed by atoms with Crippen LogP contribution in [0.1, 0.15) is 27.8 Å². The molecule has 0 radical (unpaired) electrons. The average Bonchev–Trinajstić information content (AvgIpc) is 3.89. The third-order valence-electron chi connectivity index (χ3n) is 13.1. The fraction of sp³-hybridized carbons (Fsp3) is 0.0690. The molecule has 0 spiro atoms. The summed E-state index contributed by atoms with van der Waals surface area (Å²) in [5.74, 6) is 0. The molecule has 0 aliphatic rings. The molecule has 0 atom stereocenters. The van der Waals surface area contributed by atoms with Crippen LogP contribution in [0.4, 0.5) is 52.7 Å². The first-order chi connectivity index (χ1) is 35.2. The second-order valence-electron chi connectivity index (χ2n) is 17.5. The standard InChI is InChI=1S/C58H30F12N4/c59-55(60,61)36-19-21-38(45(28-36)57(65,66)67)33-17-23-51-43(25-33)40-11-4-6-15-49(40)73(51)53-27-35(31-71)42(48-14-8-13-47(72-48)32-9-2-1-3-10-32)30-54(53)74-50-16-7-5-12-41(50)44-26-34(18-24-52(44)74)39-22-20-37(56(62,63)64)29-46(39)58(68,69)70/h1-30H. The lowest BCUT2D eigenvalue weighted by Crippen LogP contribution is -2.12. The van der Waals surface area contributed by atoms with E-state index in [0.717, 1.165) is 17.7 Å². The van der Waals surface area contributed by atoms with Gasteiger partial charge in [0.1, 0.15) is 0 Å². The minimum atomic E-state index is -5.17. The number of rotatable bonds is 6. The topological polar surface area (TPSA) is 46.5 Å². The number of para-hydroxylation sites is 2. The number of hydrogen-bond acceptors (Lipinski definition) is 2. The number of nitrogens with zero attached hydrogens (tertiary/aromatic N) is 4. The van der Waals surface area contributed by atoms with E-state index in [1.54, 1.807) is 89.5 Å². The molecule has 8 aromatic carbocycles. The van der Waals surface area contributed by atoms with Crippen LogP contribution in [-0.4, -0.2) is 14.1 Å². The van der Waals surface area contributed by atoms with Crippen LogP contribution in [-0.2, 0) is 24.7 Å². The monoisotopic (exact) mass is 1010 g/mol. The Morgan fingerprint density at radius 2 is 0.797 bits per heavy atom. The maximum atomic E-state index is 14.6. The van der Waals surface area contributed by atoms with E-state index < -0.39 is 58.1 Å². The van der Waals surface area contributed by atoms with Crippen LogP contribution in [0.15, 0.2) is 182 Å². The summed E-state index contributed by atoms with van der Waals surface area (Å²) in [7, 11) is 0. The van der Waals surface area contributed by atoms with Crippen LogP contribution >= 0.6 is 0 Å². The van der Waals surface area contributed by atoms with Gasteiger partial charge in [-0.2, -0.15) is 57.9 Å². The molecule has 0 N–H and O–H groups in total. The Morgan fingerprint density at radius 1 is 0.351 bits per heavy atom. The van der Waals surface area contributed by atoms with E-state index in [0.29, 0.717) is 84.1 Å². The highest BCUT2D eigenvalue weighted by Crippen LogP contribution is 2.47. The van der Waals surface area contributed by atoms with Gasteiger partial charge in [0.25, 0.3) is 0 Å². The largest absolute Gasteiger partial charge is 0.417 e. The van der Waals surface area contributed by atoms with Gasteiger partial charge in [0.2, 0.25) is 0 Å². The number of nitriles is 1. The Morgan fingerprint density at radius 3 is 1.27 bits per heavy atom. The summed E-state index contributed by atoms with van der Waals surface area (Å²) >= 11 is 0. The van der Waals surface area contributed by atoms with E-state index in [1.165, 1.54) is 30.3 Å². The first kappa shape index (κ1) is 47.5. The maximum Gasteiger partial charge on any atom is 0.417 e. The van der Waals surface area contributed by atoms with E-state index in [4.69, 9.17) is 4.98 Å². The fourth-order valence-corrected chi connectivity index (χ4v) is 9.81. The zero-order chi connectivity index (χ0) is 52.1. The van der Waals surface area contributed by atoms with Gasteiger partial charge in [-0.3, -0.25) is 0 Å². The molecule has 0 saturated carbocycles. The smallest absolute Gasteiger partial charge is 0.307 e. The highest BCUT2D eigenvalue weighted by molar-refractivity contribution is 6.13. The number of fused-ring (bicyclic) bond motifs is 6. The Hall–Kier alpha value is -8.84. The summed E-state index contributed by atoms with van der Waals surface area (Å²) in [6.07, 6.45) is -20.4. The average molecular weight is 1010 g/mol. The van der Waals surface area contributed by atoms with E-state index in [9.17, 15) is 57.9 Å². The summed E-state index contributed by atoms with van der Waals surface area (Å²) in [5, 5.41) is 12.9. The van der Waals surface area contributed by atoms with Crippen molar-refractivity contribution < 1.29 is 52.7 Å². The van der Waals surface area contributed by atoms with Gasteiger partial charge in [-0.05, 0) is 107 Å². The van der Waals surface area contributed by atoms with Crippen LogP contribution in [0.5, 0.6) is 0 Å². The van der Waals surface area contributed by atoms with Crippen LogP contribution < -0.4 is 0 Å². The summed E-state index contributed by atoms with van der Waals surface area (Å²) < 4.78 is 174. The third kappa shape index (κ3) is 8.14. The van der Waals surface area contributed by atoms with E-state index in [-0.39, 0.29) is 28.8 Å². The van der Waals surface area contributed by atoms with E-state index in [1.807, 2.05) is 34.9 Å². The van der Waals surface area contributed by atoms with Crippen LogP contribution in [0, 0.1) is 11.3 Å². The Kier molecular flexibility index (Phi) is 11.0. The molecule has 366 valence electrons. The van der Waals surface area contributed by atoms with Gasteiger partial charge >= 0.3 is 24.7 Å². The van der Waals surface area contributed by atoms with Crippen molar-refractivity contribution in [3.63, 3.8) is 0 Å². The predicted molar refractivity (Wildman–Crippen MR) is 259 cm³/mol. The molecular formula is C58H30F12N4. The SMILES string of the molecule is N#Cc1cc(-n2c3ccccc3c3cc(-c4ccc(C(F)(F)F)cc4C(F)(F)F)ccc32)c(-n2c3ccccc3c3cc(-c4ccc(C(F)(F)F)cc4C(F)(F)F)ccc32)cc1-c1cccc(-c2ccccc2)n1. The molecule has 0 saturated heterocycles. The van der Waals surface area contributed by atoms with Gasteiger partial charge in [-0.15, -0.1) is 0 Å². The van der Waals surface area contributed by atoms with Crippen molar-refractivity contribution in [1.29, 1.82) is 5.26 Å². The first-order valence-electron chi connectivity index (χ1n) is 22.4. The molecule has 0 bridgehead atoms. The Labute approximate surface area is 411 Å². The number of benzene rings is 8. The van der Waals surface area contributed by atoms with E-state index in [2.05, 4.69) is 6.07 Å². The summed E-state index contributed by atoms with van der Waals surface area (Å²) in [4.78, 5) is 4.97. The second kappa shape index (κ2) is 17.2. The lowest BCUT2D eigenvalue weighted by Gasteiger charge is -2.20. The summed E-state index contributed by atoms with van der Waals surface area (Å²) in [6, 6.07) is 45.9.